The van der Waals surface area contributed by atoms with Crippen LogP contribution in [0.1, 0.15) is 55.6 Å². The Morgan fingerprint density at radius 3 is 2.27 bits per heavy atom. The van der Waals surface area contributed by atoms with Crippen molar-refractivity contribution in [3.05, 3.63) is 35.4 Å². The minimum Gasteiger partial charge on any atom is -0.342 e. The Labute approximate surface area is 156 Å². The molecule has 3 fully saturated rings. The van der Waals surface area contributed by atoms with Crippen LogP contribution in [0.2, 0.25) is 0 Å². The quantitative estimate of drug-likeness (QED) is 0.835. The standard InChI is InChI=1S/C22H30N2O2/c1-16-4-2-5-19(14-16)20-6-3-11-24(15-20)22(26)18-9-12-23(13-10-18)21(25)17-7-8-17/h2,4-5,14,17-18,20H,3,6-13,15H2,1H3/t20-/m1/s1. The molecular weight excluding hydrogens is 324 g/mol. The van der Waals surface area contributed by atoms with E-state index < -0.39 is 0 Å². The molecule has 2 saturated heterocycles. The van der Waals surface area contributed by atoms with Crippen molar-refractivity contribution in [2.24, 2.45) is 11.8 Å². The Bertz CT molecular complexity index is 674. The van der Waals surface area contributed by atoms with Gasteiger partial charge in [0.25, 0.3) is 0 Å². The van der Waals surface area contributed by atoms with Gasteiger partial charge in [0.15, 0.2) is 0 Å². The van der Waals surface area contributed by atoms with Crippen LogP contribution in [0.3, 0.4) is 0 Å². The minimum atomic E-state index is 0.106. The molecule has 2 heterocycles. The maximum absolute atomic E-state index is 13.0. The van der Waals surface area contributed by atoms with Gasteiger partial charge in [-0.05, 0) is 51.0 Å². The highest BCUT2D eigenvalue weighted by Gasteiger charge is 2.37. The van der Waals surface area contributed by atoms with Crippen LogP contribution in [-0.4, -0.2) is 47.8 Å². The first kappa shape index (κ1) is 17.6. The molecule has 1 aromatic rings. The molecule has 1 aliphatic carbocycles. The smallest absolute Gasteiger partial charge is 0.225 e. The lowest BCUT2D eigenvalue weighted by molar-refractivity contribution is -0.142. The summed E-state index contributed by atoms with van der Waals surface area (Å²) in [6.45, 7) is 5.40. The molecule has 4 heteroatoms. The van der Waals surface area contributed by atoms with E-state index in [1.54, 1.807) is 0 Å². The van der Waals surface area contributed by atoms with Crippen LogP contribution >= 0.6 is 0 Å². The summed E-state index contributed by atoms with van der Waals surface area (Å²) in [5.74, 6) is 1.51. The highest BCUT2D eigenvalue weighted by atomic mass is 16.2. The van der Waals surface area contributed by atoms with Crippen molar-refractivity contribution < 1.29 is 9.59 Å². The number of benzene rings is 1. The second kappa shape index (κ2) is 7.42. The van der Waals surface area contributed by atoms with Crippen molar-refractivity contribution in [3.8, 4) is 0 Å². The molecule has 4 nitrogen and oxygen atoms in total. The summed E-state index contributed by atoms with van der Waals surface area (Å²) in [5.41, 5.74) is 2.66. The summed E-state index contributed by atoms with van der Waals surface area (Å²) in [7, 11) is 0. The highest BCUT2D eigenvalue weighted by molar-refractivity contribution is 5.82. The third-order valence-corrected chi connectivity index (χ3v) is 6.33. The molecular formula is C22H30N2O2. The number of aryl methyl sites for hydroxylation is 1. The fraction of sp³-hybridized carbons (Fsp3) is 0.636. The topological polar surface area (TPSA) is 40.6 Å². The molecule has 0 aromatic heterocycles. The molecule has 0 spiro atoms. The molecule has 4 rings (SSSR count). The monoisotopic (exact) mass is 354 g/mol. The lowest BCUT2D eigenvalue weighted by atomic mass is 9.88. The molecule has 0 radical (unpaired) electrons. The maximum Gasteiger partial charge on any atom is 0.225 e. The number of hydrogen-bond donors (Lipinski definition) is 0. The Hall–Kier alpha value is -1.84. The third-order valence-electron chi connectivity index (χ3n) is 6.33. The van der Waals surface area contributed by atoms with E-state index in [4.69, 9.17) is 0 Å². The number of carbonyl (C=O) groups excluding carboxylic acids is 2. The van der Waals surface area contributed by atoms with Gasteiger partial charge in [0, 0.05) is 43.9 Å². The number of amides is 2. The average Bonchev–Trinajstić information content (AvgIpc) is 3.52. The highest BCUT2D eigenvalue weighted by Crippen LogP contribution is 2.33. The Kier molecular flexibility index (Phi) is 5.01. The number of likely N-dealkylation sites (tertiary alicyclic amines) is 2. The van der Waals surface area contributed by atoms with Crippen molar-refractivity contribution in [2.75, 3.05) is 26.2 Å². The van der Waals surface area contributed by atoms with Gasteiger partial charge < -0.3 is 9.80 Å². The van der Waals surface area contributed by atoms with E-state index in [9.17, 15) is 9.59 Å². The Morgan fingerprint density at radius 1 is 0.885 bits per heavy atom. The van der Waals surface area contributed by atoms with E-state index in [2.05, 4.69) is 36.1 Å². The molecule has 2 aliphatic heterocycles. The fourth-order valence-electron chi connectivity index (χ4n) is 4.57. The van der Waals surface area contributed by atoms with Crippen LogP contribution in [0, 0.1) is 18.8 Å². The first-order chi connectivity index (χ1) is 12.6. The predicted molar refractivity (Wildman–Crippen MR) is 102 cm³/mol. The summed E-state index contributed by atoms with van der Waals surface area (Å²) in [6.07, 6.45) is 6.05. The number of piperidine rings is 2. The van der Waals surface area contributed by atoms with Gasteiger partial charge >= 0.3 is 0 Å². The predicted octanol–water partition coefficient (Wildman–Crippen LogP) is 3.35. The zero-order chi connectivity index (χ0) is 18.1. The van der Waals surface area contributed by atoms with Crippen LogP contribution < -0.4 is 0 Å². The SMILES string of the molecule is Cc1cccc([C@@H]2CCCN(C(=O)C3CCN(C(=O)C4CC4)CC3)C2)c1. The summed E-state index contributed by atoms with van der Waals surface area (Å²) < 4.78 is 0. The van der Waals surface area contributed by atoms with Crippen molar-refractivity contribution in [1.29, 1.82) is 0 Å². The van der Waals surface area contributed by atoms with Gasteiger partial charge in [0.05, 0.1) is 0 Å². The molecule has 0 N–H and O–H groups in total. The van der Waals surface area contributed by atoms with Crippen molar-refractivity contribution in [2.45, 2.75) is 51.4 Å². The maximum atomic E-state index is 13.0. The van der Waals surface area contributed by atoms with Crippen molar-refractivity contribution >= 4 is 11.8 Å². The zero-order valence-corrected chi connectivity index (χ0v) is 15.8. The van der Waals surface area contributed by atoms with Crippen LogP contribution in [0.4, 0.5) is 0 Å². The Balaban J connectivity index is 1.33. The fourth-order valence-corrected chi connectivity index (χ4v) is 4.57. The molecule has 1 atom stereocenters. The number of hydrogen-bond acceptors (Lipinski definition) is 2. The number of rotatable bonds is 3. The third kappa shape index (κ3) is 3.79. The van der Waals surface area contributed by atoms with E-state index in [-0.39, 0.29) is 5.92 Å². The molecule has 0 unspecified atom stereocenters. The second-order valence-electron chi connectivity index (χ2n) is 8.41. The molecule has 1 aromatic carbocycles. The van der Waals surface area contributed by atoms with Gasteiger partial charge in [-0.15, -0.1) is 0 Å². The zero-order valence-electron chi connectivity index (χ0n) is 15.8. The lowest BCUT2D eigenvalue weighted by Gasteiger charge is -2.38. The van der Waals surface area contributed by atoms with Crippen LogP contribution in [0.5, 0.6) is 0 Å². The summed E-state index contributed by atoms with van der Waals surface area (Å²) in [5, 5.41) is 0. The van der Waals surface area contributed by atoms with E-state index in [1.807, 2.05) is 4.90 Å². The van der Waals surface area contributed by atoms with Crippen molar-refractivity contribution in [1.82, 2.24) is 9.80 Å². The van der Waals surface area contributed by atoms with E-state index in [0.717, 1.165) is 58.3 Å². The van der Waals surface area contributed by atoms with Crippen LogP contribution in [0.25, 0.3) is 0 Å². The molecule has 140 valence electrons. The van der Waals surface area contributed by atoms with Gasteiger partial charge in [-0.2, -0.15) is 0 Å². The molecule has 2 amide bonds. The minimum absolute atomic E-state index is 0.106. The summed E-state index contributed by atoms with van der Waals surface area (Å²) in [4.78, 5) is 29.3. The van der Waals surface area contributed by atoms with Crippen molar-refractivity contribution in [3.63, 3.8) is 0 Å². The van der Waals surface area contributed by atoms with E-state index in [1.165, 1.54) is 17.5 Å². The molecule has 0 bridgehead atoms. The second-order valence-corrected chi connectivity index (χ2v) is 8.41. The number of carbonyl (C=O) groups is 2. The average molecular weight is 354 g/mol. The summed E-state index contributed by atoms with van der Waals surface area (Å²) >= 11 is 0. The largest absolute Gasteiger partial charge is 0.342 e. The van der Waals surface area contributed by atoms with Gasteiger partial charge in [0.1, 0.15) is 0 Å². The Morgan fingerprint density at radius 2 is 1.58 bits per heavy atom. The lowest BCUT2D eigenvalue weighted by Crippen LogP contribution is -2.47. The first-order valence-electron chi connectivity index (χ1n) is 10.3. The molecule has 3 aliphatic rings. The van der Waals surface area contributed by atoms with Gasteiger partial charge in [0.2, 0.25) is 11.8 Å². The van der Waals surface area contributed by atoms with Crippen LogP contribution in [0.15, 0.2) is 24.3 Å². The first-order valence-corrected chi connectivity index (χ1v) is 10.3. The number of nitrogens with zero attached hydrogens (tertiary/aromatic N) is 2. The van der Waals surface area contributed by atoms with Gasteiger partial charge in [-0.1, -0.05) is 29.8 Å². The molecule has 26 heavy (non-hydrogen) atoms. The normalized spacial score (nSPS) is 24.6. The van der Waals surface area contributed by atoms with Crippen LogP contribution in [-0.2, 0) is 9.59 Å². The molecule has 1 saturated carbocycles. The van der Waals surface area contributed by atoms with E-state index in [0.29, 0.717) is 23.7 Å². The summed E-state index contributed by atoms with van der Waals surface area (Å²) in [6, 6.07) is 8.72. The van der Waals surface area contributed by atoms with E-state index >= 15 is 0 Å². The van der Waals surface area contributed by atoms with Gasteiger partial charge in [-0.25, -0.2) is 0 Å². The van der Waals surface area contributed by atoms with Gasteiger partial charge in [-0.3, -0.25) is 9.59 Å².